The SMILES string of the molecule is COc1ccccc1C1=C(Nc2ccc(Cl)cc2C)C(=O)N(Cc2ccccc2F)C1=O. The highest BCUT2D eigenvalue weighted by Gasteiger charge is 2.40. The molecule has 0 atom stereocenters. The summed E-state index contributed by atoms with van der Waals surface area (Å²) in [5, 5.41) is 3.66. The van der Waals surface area contributed by atoms with Gasteiger partial charge in [-0.15, -0.1) is 0 Å². The van der Waals surface area contributed by atoms with Crippen molar-refractivity contribution in [2.24, 2.45) is 0 Å². The Bertz CT molecular complexity index is 1260. The van der Waals surface area contributed by atoms with Gasteiger partial charge in [0.1, 0.15) is 17.3 Å². The van der Waals surface area contributed by atoms with Crippen molar-refractivity contribution in [3.63, 3.8) is 0 Å². The van der Waals surface area contributed by atoms with Crippen LogP contribution in [-0.2, 0) is 16.1 Å². The third-order valence-electron chi connectivity index (χ3n) is 5.28. The Kier molecular flexibility index (Phi) is 5.97. The number of aryl methyl sites for hydroxylation is 1. The Hall–Kier alpha value is -3.64. The number of anilines is 1. The standard InChI is InChI=1S/C25H20ClFN2O3/c1-15-13-17(26)11-12-20(15)28-23-22(18-8-4-6-10-21(18)32-2)24(30)29(25(23)31)14-16-7-3-5-9-19(16)27/h3-13,28H,14H2,1-2H3. The minimum atomic E-state index is -0.548. The maximum atomic E-state index is 14.3. The fourth-order valence-electron chi connectivity index (χ4n) is 3.64. The Labute approximate surface area is 190 Å². The number of rotatable bonds is 6. The topological polar surface area (TPSA) is 58.6 Å². The van der Waals surface area contributed by atoms with Gasteiger partial charge in [0.05, 0.1) is 19.2 Å². The van der Waals surface area contributed by atoms with Crippen LogP contribution >= 0.6 is 11.6 Å². The molecule has 0 saturated heterocycles. The average Bonchev–Trinajstić information content (AvgIpc) is 3.01. The molecule has 0 aliphatic carbocycles. The molecule has 5 nitrogen and oxygen atoms in total. The van der Waals surface area contributed by atoms with Crippen LogP contribution in [0.5, 0.6) is 5.75 Å². The molecule has 0 radical (unpaired) electrons. The molecule has 7 heteroatoms. The Morgan fingerprint density at radius 2 is 1.72 bits per heavy atom. The summed E-state index contributed by atoms with van der Waals surface area (Å²) >= 11 is 6.06. The number of amides is 2. The van der Waals surface area contributed by atoms with Crippen molar-refractivity contribution in [1.82, 2.24) is 4.90 Å². The zero-order valence-corrected chi connectivity index (χ0v) is 18.2. The van der Waals surface area contributed by atoms with Crippen LogP contribution in [0.25, 0.3) is 5.57 Å². The van der Waals surface area contributed by atoms with E-state index in [1.54, 1.807) is 60.7 Å². The highest BCUT2D eigenvalue weighted by atomic mass is 35.5. The Morgan fingerprint density at radius 3 is 2.44 bits per heavy atom. The van der Waals surface area contributed by atoms with Gasteiger partial charge < -0.3 is 10.1 Å². The number of para-hydroxylation sites is 1. The van der Waals surface area contributed by atoms with Crippen LogP contribution in [0.3, 0.4) is 0 Å². The summed E-state index contributed by atoms with van der Waals surface area (Å²) in [5.74, 6) is -1.12. The smallest absolute Gasteiger partial charge is 0.278 e. The molecule has 0 saturated carbocycles. The molecule has 3 aromatic rings. The molecule has 1 heterocycles. The van der Waals surface area contributed by atoms with Crippen molar-refractivity contribution in [1.29, 1.82) is 0 Å². The zero-order valence-electron chi connectivity index (χ0n) is 17.5. The number of hydrogen-bond acceptors (Lipinski definition) is 4. The molecule has 3 aromatic carbocycles. The maximum absolute atomic E-state index is 14.3. The van der Waals surface area contributed by atoms with Crippen LogP contribution in [0.4, 0.5) is 10.1 Å². The summed E-state index contributed by atoms with van der Waals surface area (Å²) in [4.78, 5) is 27.9. The second kappa shape index (κ2) is 8.85. The van der Waals surface area contributed by atoms with Crippen molar-refractivity contribution < 1.29 is 18.7 Å². The third-order valence-corrected chi connectivity index (χ3v) is 5.51. The second-order valence-corrected chi connectivity index (χ2v) is 7.76. The maximum Gasteiger partial charge on any atom is 0.278 e. The molecule has 0 unspecified atom stereocenters. The van der Waals surface area contributed by atoms with Crippen LogP contribution in [-0.4, -0.2) is 23.8 Å². The first kappa shape index (κ1) is 21.6. The number of imide groups is 1. The highest BCUT2D eigenvalue weighted by molar-refractivity contribution is 6.37. The molecule has 0 spiro atoms. The van der Waals surface area contributed by atoms with E-state index in [1.807, 2.05) is 6.92 Å². The van der Waals surface area contributed by atoms with Gasteiger partial charge in [0, 0.05) is 21.8 Å². The van der Waals surface area contributed by atoms with Crippen molar-refractivity contribution in [3.05, 3.63) is 100.0 Å². The van der Waals surface area contributed by atoms with Crippen molar-refractivity contribution in [2.75, 3.05) is 12.4 Å². The van der Waals surface area contributed by atoms with Crippen molar-refractivity contribution in [3.8, 4) is 5.75 Å². The minimum absolute atomic E-state index is 0.0984. The predicted molar refractivity (Wildman–Crippen MR) is 122 cm³/mol. The fourth-order valence-corrected chi connectivity index (χ4v) is 3.86. The third kappa shape index (κ3) is 3.97. The average molecular weight is 451 g/mol. The lowest BCUT2D eigenvalue weighted by molar-refractivity contribution is -0.137. The van der Waals surface area contributed by atoms with Gasteiger partial charge in [0.25, 0.3) is 11.8 Å². The van der Waals surface area contributed by atoms with E-state index in [2.05, 4.69) is 5.32 Å². The van der Waals surface area contributed by atoms with Crippen molar-refractivity contribution >= 4 is 34.7 Å². The van der Waals surface area contributed by atoms with Gasteiger partial charge in [-0.05, 0) is 42.8 Å². The number of halogens is 2. The monoisotopic (exact) mass is 450 g/mol. The zero-order chi connectivity index (χ0) is 22.8. The lowest BCUT2D eigenvalue weighted by Gasteiger charge is -2.16. The number of carbonyl (C=O) groups excluding carboxylic acids is 2. The first-order valence-corrected chi connectivity index (χ1v) is 10.3. The summed E-state index contributed by atoms with van der Waals surface area (Å²) in [5.41, 5.74) is 2.42. The molecule has 0 aromatic heterocycles. The number of carbonyl (C=O) groups is 2. The van der Waals surface area contributed by atoms with Gasteiger partial charge in [0.15, 0.2) is 0 Å². The summed E-state index contributed by atoms with van der Waals surface area (Å²) in [6.07, 6.45) is 0. The highest BCUT2D eigenvalue weighted by Crippen LogP contribution is 2.36. The number of hydrogen-bond donors (Lipinski definition) is 1. The van der Waals surface area contributed by atoms with Crippen LogP contribution in [0.15, 0.2) is 72.4 Å². The first-order chi connectivity index (χ1) is 15.4. The molecule has 1 aliphatic rings. The summed E-state index contributed by atoms with van der Waals surface area (Å²) in [6, 6.07) is 18.2. The molecule has 0 fully saturated rings. The molecule has 32 heavy (non-hydrogen) atoms. The molecule has 1 aliphatic heterocycles. The lowest BCUT2D eigenvalue weighted by Crippen LogP contribution is -2.32. The fraction of sp³-hybridized carbons (Fsp3) is 0.120. The molecular formula is C25H20ClFN2O3. The van der Waals surface area contributed by atoms with Crippen LogP contribution in [0, 0.1) is 12.7 Å². The molecule has 162 valence electrons. The van der Waals surface area contributed by atoms with Crippen LogP contribution in [0.1, 0.15) is 16.7 Å². The van der Waals surface area contributed by atoms with Crippen molar-refractivity contribution in [2.45, 2.75) is 13.5 Å². The number of methoxy groups -OCH3 is 1. The van der Waals surface area contributed by atoms with E-state index in [-0.39, 0.29) is 23.4 Å². The number of benzene rings is 3. The Morgan fingerprint density at radius 1 is 1.00 bits per heavy atom. The van der Waals surface area contributed by atoms with E-state index in [4.69, 9.17) is 16.3 Å². The van der Waals surface area contributed by atoms with E-state index < -0.39 is 17.6 Å². The van der Waals surface area contributed by atoms with Gasteiger partial charge in [-0.3, -0.25) is 14.5 Å². The van der Waals surface area contributed by atoms with E-state index >= 15 is 0 Å². The number of nitrogens with one attached hydrogen (secondary N) is 1. The van der Waals surface area contributed by atoms with E-state index in [0.29, 0.717) is 22.0 Å². The second-order valence-electron chi connectivity index (χ2n) is 7.32. The van der Waals surface area contributed by atoms with Gasteiger partial charge in [-0.25, -0.2) is 4.39 Å². The molecule has 1 N–H and O–H groups in total. The van der Waals surface area contributed by atoms with Gasteiger partial charge in [-0.1, -0.05) is 48.0 Å². The number of ether oxygens (including phenoxy) is 1. The summed E-state index contributed by atoms with van der Waals surface area (Å²) < 4.78 is 19.7. The largest absolute Gasteiger partial charge is 0.496 e. The van der Waals surface area contributed by atoms with Gasteiger partial charge in [0.2, 0.25) is 0 Å². The molecule has 2 amide bonds. The van der Waals surface area contributed by atoms with E-state index in [0.717, 1.165) is 10.5 Å². The molecule has 0 bridgehead atoms. The Balaban J connectivity index is 1.81. The quantitative estimate of drug-likeness (QED) is 0.525. The van der Waals surface area contributed by atoms with Gasteiger partial charge in [-0.2, -0.15) is 0 Å². The lowest BCUT2D eigenvalue weighted by atomic mass is 10.0. The summed E-state index contributed by atoms with van der Waals surface area (Å²) in [6.45, 7) is 1.66. The van der Waals surface area contributed by atoms with E-state index in [9.17, 15) is 14.0 Å². The molecular weight excluding hydrogens is 431 g/mol. The van der Waals surface area contributed by atoms with Gasteiger partial charge >= 0.3 is 0 Å². The van der Waals surface area contributed by atoms with Crippen LogP contribution < -0.4 is 10.1 Å². The minimum Gasteiger partial charge on any atom is -0.496 e. The predicted octanol–water partition coefficient (Wildman–Crippen LogP) is 5.19. The molecule has 4 rings (SSSR count). The summed E-state index contributed by atoms with van der Waals surface area (Å²) in [7, 11) is 1.49. The number of nitrogens with zero attached hydrogens (tertiary/aromatic N) is 1. The normalized spacial score (nSPS) is 13.7. The van der Waals surface area contributed by atoms with Crippen LogP contribution in [0.2, 0.25) is 5.02 Å². The van der Waals surface area contributed by atoms with E-state index in [1.165, 1.54) is 13.2 Å². The first-order valence-electron chi connectivity index (χ1n) is 9.91.